The van der Waals surface area contributed by atoms with Gasteiger partial charge in [-0.1, -0.05) is 32.4 Å². The van der Waals surface area contributed by atoms with Crippen LogP contribution in [0.3, 0.4) is 0 Å². The van der Waals surface area contributed by atoms with Crippen LogP contribution in [0.15, 0.2) is 11.6 Å². The highest BCUT2D eigenvalue weighted by molar-refractivity contribution is 5.73. The Bertz CT molecular complexity index is 674. The Labute approximate surface area is 177 Å². The standard InChI is InChI=1S/C25H42N2O2/c1-16(15-26-23(29)27(4)5)20-8-9-21-19-7-6-17-14-18(28)10-12-24(17,2)22(19)11-13-25(20,21)3/h6,16,18-22,28H,7-15H2,1-5H3,(H,26,29)/t16-,18+,19+,20-,21+,22+,24+,25-/m1/s1. The number of nitrogens with zero attached hydrogens (tertiary/aromatic N) is 1. The van der Waals surface area contributed by atoms with E-state index in [1.165, 1.54) is 38.5 Å². The molecule has 3 fully saturated rings. The van der Waals surface area contributed by atoms with Crippen molar-refractivity contribution in [2.45, 2.75) is 78.2 Å². The lowest BCUT2D eigenvalue weighted by Crippen LogP contribution is -2.51. The molecule has 2 amide bonds. The van der Waals surface area contributed by atoms with Crippen LogP contribution < -0.4 is 5.32 Å². The van der Waals surface area contributed by atoms with Crippen LogP contribution in [-0.2, 0) is 0 Å². The van der Waals surface area contributed by atoms with E-state index in [4.69, 9.17) is 0 Å². The zero-order valence-electron chi connectivity index (χ0n) is 19.2. The lowest BCUT2D eigenvalue weighted by molar-refractivity contribution is -0.0564. The van der Waals surface area contributed by atoms with Crippen molar-refractivity contribution >= 4 is 6.03 Å². The monoisotopic (exact) mass is 402 g/mol. The first-order valence-corrected chi connectivity index (χ1v) is 12.0. The molecule has 0 saturated heterocycles. The molecule has 0 aliphatic heterocycles. The van der Waals surface area contributed by atoms with Crippen LogP contribution in [0.4, 0.5) is 4.79 Å². The van der Waals surface area contributed by atoms with Gasteiger partial charge in [-0.15, -0.1) is 0 Å². The molecule has 4 nitrogen and oxygen atoms in total. The first-order chi connectivity index (χ1) is 13.7. The number of urea groups is 1. The van der Waals surface area contributed by atoms with Crippen molar-refractivity contribution in [1.82, 2.24) is 10.2 Å². The number of aliphatic hydroxyl groups excluding tert-OH is 1. The lowest BCUT2D eigenvalue weighted by Gasteiger charge is -2.58. The number of hydrogen-bond donors (Lipinski definition) is 2. The molecule has 0 radical (unpaired) electrons. The molecular formula is C25H42N2O2. The number of amides is 2. The number of rotatable bonds is 3. The molecule has 0 aromatic rings. The number of allylic oxidation sites excluding steroid dienone is 1. The fraction of sp³-hybridized carbons (Fsp3) is 0.880. The molecule has 0 aromatic heterocycles. The molecule has 0 bridgehead atoms. The maximum atomic E-state index is 12.0. The lowest BCUT2D eigenvalue weighted by atomic mass is 9.47. The summed E-state index contributed by atoms with van der Waals surface area (Å²) in [5.41, 5.74) is 2.31. The molecule has 0 spiro atoms. The summed E-state index contributed by atoms with van der Waals surface area (Å²) in [6.07, 6.45) is 12.0. The summed E-state index contributed by atoms with van der Waals surface area (Å²) in [6, 6.07) is 0.0256. The Balaban J connectivity index is 1.49. The summed E-state index contributed by atoms with van der Waals surface area (Å²) in [6.45, 7) is 8.22. The van der Waals surface area contributed by atoms with E-state index in [0.29, 0.717) is 22.7 Å². The molecule has 164 valence electrons. The normalized spacial score (nSPS) is 44.8. The second kappa shape index (κ2) is 7.59. The topological polar surface area (TPSA) is 52.6 Å². The maximum Gasteiger partial charge on any atom is 0.316 e. The van der Waals surface area contributed by atoms with Crippen molar-refractivity contribution in [2.24, 2.45) is 40.4 Å². The number of carbonyl (C=O) groups is 1. The van der Waals surface area contributed by atoms with Gasteiger partial charge in [0.2, 0.25) is 0 Å². The average Bonchev–Trinajstić information content (AvgIpc) is 3.03. The molecular weight excluding hydrogens is 360 g/mol. The Morgan fingerprint density at radius 3 is 2.69 bits per heavy atom. The predicted molar refractivity (Wildman–Crippen MR) is 117 cm³/mol. The number of nitrogens with one attached hydrogen (secondary N) is 1. The highest BCUT2D eigenvalue weighted by atomic mass is 16.3. The van der Waals surface area contributed by atoms with E-state index in [1.807, 2.05) is 14.1 Å². The summed E-state index contributed by atoms with van der Waals surface area (Å²) < 4.78 is 0. The fourth-order valence-electron chi connectivity index (χ4n) is 8.17. The van der Waals surface area contributed by atoms with Gasteiger partial charge in [-0.3, -0.25) is 0 Å². The van der Waals surface area contributed by atoms with Gasteiger partial charge >= 0.3 is 6.03 Å². The maximum absolute atomic E-state index is 12.0. The fourth-order valence-corrected chi connectivity index (χ4v) is 8.17. The molecule has 4 heteroatoms. The summed E-state index contributed by atoms with van der Waals surface area (Å²) in [5.74, 6) is 3.67. The Hall–Kier alpha value is -1.03. The van der Waals surface area contributed by atoms with E-state index in [2.05, 4.69) is 32.2 Å². The van der Waals surface area contributed by atoms with Crippen LogP contribution in [-0.4, -0.2) is 42.8 Å². The summed E-state index contributed by atoms with van der Waals surface area (Å²) in [7, 11) is 3.62. The first kappa shape index (κ1) is 21.2. The third-order valence-electron chi connectivity index (χ3n) is 9.82. The SMILES string of the molecule is C[C@H](CNC(=O)N(C)C)[C@H]1CC[C@H]2[C@@H]3CC=C4C[C@@H](O)CC[C@]4(C)[C@H]3CC[C@]12C. The van der Waals surface area contributed by atoms with Gasteiger partial charge in [-0.2, -0.15) is 0 Å². The second-order valence-electron chi connectivity index (χ2n) is 11.4. The van der Waals surface area contributed by atoms with E-state index >= 15 is 0 Å². The molecule has 29 heavy (non-hydrogen) atoms. The molecule has 8 atom stereocenters. The third-order valence-corrected chi connectivity index (χ3v) is 9.82. The highest BCUT2D eigenvalue weighted by Gasteiger charge is 2.59. The van der Waals surface area contributed by atoms with E-state index in [-0.39, 0.29) is 12.1 Å². The highest BCUT2D eigenvalue weighted by Crippen LogP contribution is 2.67. The number of hydrogen-bond acceptors (Lipinski definition) is 2. The van der Waals surface area contributed by atoms with Crippen molar-refractivity contribution in [1.29, 1.82) is 0 Å². The third kappa shape index (κ3) is 3.43. The van der Waals surface area contributed by atoms with Crippen LogP contribution in [0, 0.1) is 40.4 Å². The van der Waals surface area contributed by atoms with Crippen molar-refractivity contribution in [3.8, 4) is 0 Å². The van der Waals surface area contributed by atoms with Gasteiger partial charge in [0.1, 0.15) is 0 Å². The van der Waals surface area contributed by atoms with E-state index in [9.17, 15) is 9.90 Å². The summed E-state index contributed by atoms with van der Waals surface area (Å²) >= 11 is 0. The molecule has 4 rings (SSSR count). The molecule has 3 saturated carbocycles. The van der Waals surface area contributed by atoms with Gasteiger partial charge in [0.05, 0.1) is 6.10 Å². The van der Waals surface area contributed by atoms with Crippen molar-refractivity contribution < 1.29 is 9.90 Å². The second-order valence-corrected chi connectivity index (χ2v) is 11.4. The van der Waals surface area contributed by atoms with Crippen LogP contribution in [0.25, 0.3) is 0 Å². The Morgan fingerprint density at radius 2 is 1.97 bits per heavy atom. The minimum atomic E-state index is -0.117. The molecule has 4 aliphatic rings. The van der Waals surface area contributed by atoms with Gasteiger partial charge in [0.25, 0.3) is 0 Å². The van der Waals surface area contributed by atoms with Gasteiger partial charge < -0.3 is 15.3 Å². The van der Waals surface area contributed by atoms with Crippen LogP contribution in [0.5, 0.6) is 0 Å². The smallest absolute Gasteiger partial charge is 0.316 e. The minimum absolute atomic E-state index is 0.0256. The molecule has 0 aromatic carbocycles. The molecule has 2 N–H and O–H groups in total. The number of fused-ring (bicyclic) bond motifs is 5. The van der Waals surface area contributed by atoms with Gasteiger partial charge in [-0.05, 0) is 91.8 Å². The van der Waals surface area contributed by atoms with Gasteiger partial charge in [0, 0.05) is 20.6 Å². The van der Waals surface area contributed by atoms with Crippen molar-refractivity contribution in [3.63, 3.8) is 0 Å². The number of aliphatic hydroxyl groups is 1. The van der Waals surface area contributed by atoms with E-state index in [0.717, 1.165) is 37.1 Å². The molecule has 4 aliphatic carbocycles. The summed E-state index contributed by atoms with van der Waals surface area (Å²) in [5, 5.41) is 13.3. The van der Waals surface area contributed by atoms with Crippen LogP contribution >= 0.6 is 0 Å². The van der Waals surface area contributed by atoms with E-state index < -0.39 is 0 Å². The molecule has 0 unspecified atom stereocenters. The zero-order valence-corrected chi connectivity index (χ0v) is 19.2. The first-order valence-electron chi connectivity index (χ1n) is 12.0. The predicted octanol–water partition coefficient (Wildman–Crippen LogP) is 4.83. The van der Waals surface area contributed by atoms with Gasteiger partial charge in [0.15, 0.2) is 0 Å². The van der Waals surface area contributed by atoms with Crippen molar-refractivity contribution in [2.75, 3.05) is 20.6 Å². The van der Waals surface area contributed by atoms with Gasteiger partial charge in [-0.25, -0.2) is 4.79 Å². The van der Waals surface area contributed by atoms with Crippen LogP contribution in [0.2, 0.25) is 0 Å². The van der Waals surface area contributed by atoms with Crippen molar-refractivity contribution in [3.05, 3.63) is 11.6 Å². The average molecular weight is 403 g/mol. The Kier molecular flexibility index (Phi) is 5.55. The largest absolute Gasteiger partial charge is 0.393 e. The molecule has 0 heterocycles. The quantitative estimate of drug-likeness (QED) is 0.664. The summed E-state index contributed by atoms with van der Waals surface area (Å²) in [4.78, 5) is 13.6. The number of carbonyl (C=O) groups excluding carboxylic acids is 1. The zero-order chi connectivity index (χ0) is 21.0. The Morgan fingerprint density at radius 1 is 1.21 bits per heavy atom. The van der Waals surface area contributed by atoms with Crippen LogP contribution in [0.1, 0.15) is 72.1 Å². The minimum Gasteiger partial charge on any atom is -0.393 e. The van der Waals surface area contributed by atoms with E-state index in [1.54, 1.807) is 10.5 Å².